The molecule has 25 heteroatoms. The van der Waals surface area contributed by atoms with Crippen LogP contribution in [0.1, 0.15) is 12.8 Å². The van der Waals surface area contributed by atoms with Crippen molar-refractivity contribution in [1.29, 1.82) is 0 Å². The zero-order chi connectivity index (χ0) is 42.1. The minimum atomic E-state index is -4.15. The molecule has 8 rings (SSSR count). The van der Waals surface area contributed by atoms with E-state index in [9.17, 15) is 37.3 Å². The van der Waals surface area contributed by atoms with E-state index >= 15 is 0 Å². The average Bonchev–Trinajstić information content (AvgIpc) is 3.96. The molecule has 10 N–H and O–H groups in total. The molecule has 2 aliphatic carbocycles. The normalized spacial score (nSPS) is 24.6. The van der Waals surface area contributed by atoms with Crippen LogP contribution in [0, 0.1) is 11.8 Å². The van der Waals surface area contributed by atoms with E-state index in [1.165, 1.54) is 10.6 Å². The number of halogens is 1. The molecule has 8 atom stereocenters. The Morgan fingerprint density at radius 3 is 1.63 bits per heavy atom. The fraction of sp³-hybridized carbons (Fsp3) is 0.353. The molecule has 6 aromatic heterocycles. The number of rotatable bonds is 12. The first kappa shape index (κ1) is 42.1. The van der Waals surface area contributed by atoms with Gasteiger partial charge in [-0.05, 0) is 43.2 Å². The zero-order valence-corrected chi connectivity index (χ0v) is 33.0. The van der Waals surface area contributed by atoms with Crippen LogP contribution in [0.25, 0.3) is 34.1 Å². The van der Waals surface area contributed by atoms with Crippen LogP contribution in [0.15, 0.2) is 79.3 Å². The van der Waals surface area contributed by atoms with Crippen LogP contribution in [0.3, 0.4) is 0 Å². The molecule has 22 nitrogen and oxygen atoms in total. The van der Waals surface area contributed by atoms with Gasteiger partial charge in [-0.1, -0.05) is 23.7 Å². The fourth-order valence-electron chi connectivity index (χ4n) is 6.94. The monoisotopic (exact) mass is 874 g/mol. The number of aliphatic hydroxyl groups is 4. The Labute approximate surface area is 341 Å². The SMILES string of the molecule is NS(=O)(=O)OC[C@H]1C[C@@H](Nc2cc(Cl)nc3cc(-c4ccccn4)nn23)[C@H](O)[C@@H]1O.NS(=O)(=O)OC[C@H]1C[C@@H](Nc2ccnc3cc(-c4ccccn4)nn23)[C@H](O)[C@@H]1O. The van der Waals surface area contributed by atoms with Gasteiger partial charge in [0.05, 0.1) is 48.9 Å². The standard InChI is InChI=1S/C17H19ClN6O5S.C17H20N6O5S/c18-13-7-15(21-12-5-9(16(25)17(12)26)8-29-30(19,27)28)24-14(22-13)6-11(23-24)10-3-1-2-4-20-10;18-29(26,27)28-9-10-7-13(17(25)16(10)24)21-14-4-6-20-15-8-12(22-23(14)15)11-3-1-2-5-19-11/h1-4,6-7,9,12,16-17,21,25-26H,5,8H2,(H2,19,27,28);1-6,8,10,13,16-17,21,24-25H,7,9H2,(H2,18,26,27)/t9-,12-,16-,17+;10-,13-,16-,17+/m11/s1. The first-order chi connectivity index (χ1) is 28.0. The Hall–Kier alpha value is -4.99. The lowest BCUT2D eigenvalue weighted by Gasteiger charge is -2.19. The van der Waals surface area contributed by atoms with Crippen molar-refractivity contribution in [1.82, 2.24) is 39.2 Å². The number of aromatic nitrogens is 8. The highest BCUT2D eigenvalue weighted by atomic mass is 35.5. The molecule has 0 radical (unpaired) electrons. The smallest absolute Gasteiger partial charge is 0.333 e. The van der Waals surface area contributed by atoms with Gasteiger partial charge in [-0.25, -0.2) is 20.2 Å². The molecule has 2 aliphatic rings. The van der Waals surface area contributed by atoms with Crippen molar-refractivity contribution in [3.63, 3.8) is 0 Å². The van der Waals surface area contributed by atoms with Gasteiger partial charge in [0.1, 0.15) is 40.4 Å². The van der Waals surface area contributed by atoms with Crippen LogP contribution in [-0.2, 0) is 29.0 Å². The Kier molecular flexibility index (Phi) is 12.4. The topological polar surface area (TPSA) is 330 Å². The van der Waals surface area contributed by atoms with E-state index in [0.717, 1.165) is 0 Å². The summed E-state index contributed by atoms with van der Waals surface area (Å²) in [6.07, 6.45) is 0.771. The maximum absolute atomic E-state index is 11.0. The van der Waals surface area contributed by atoms with Crippen LogP contribution >= 0.6 is 11.6 Å². The molecular weight excluding hydrogens is 836 g/mol. The molecule has 0 amide bonds. The van der Waals surface area contributed by atoms with E-state index in [1.807, 2.05) is 30.3 Å². The third-order valence-corrected chi connectivity index (χ3v) is 10.9. The van der Waals surface area contributed by atoms with Crippen molar-refractivity contribution in [2.75, 3.05) is 23.8 Å². The highest BCUT2D eigenvalue weighted by Gasteiger charge is 2.43. The number of aliphatic hydroxyl groups excluding tert-OH is 4. The molecule has 0 unspecified atom stereocenters. The Morgan fingerprint density at radius 2 is 1.14 bits per heavy atom. The summed E-state index contributed by atoms with van der Waals surface area (Å²) >= 11 is 6.14. The van der Waals surface area contributed by atoms with Crippen molar-refractivity contribution in [3.8, 4) is 22.8 Å². The highest BCUT2D eigenvalue weighted by molar-refractivity contribution is 7.84. The minimum Gasteiger partial charge on any atom is -0.390 e. The summed E-state index contributed by atoms with van der Waals surface area (Å²) in [7, 11) is -8.27. The molecule has 0 saturated heterocycles. The summed E-state index contributed by atoms with van der Waals surface area (Å²) in [6.45, 7) is -0.653. The van der Waals surface area contributed by atoms with E-state index in [4.69, 9.17) is 21.9 Å². The van der Waals surface area contributed by atoms with Gasteiger partial charge < -0.3 is 31.1 Å². The van der Waals surface area contributed by atoms with Crippen LogP contribution in [-0.4, -0.2) is 126 Å². The summed E-state index contributed by atoms with van der Waals surface area (Å²) in [6, 6.07) is 16.5. The quantitative estimate of drug-likeness (QED) is 0.0733. The molecule has 0 bridgehead atoms. The first-order valence-corrected chi connectivity index (χ1v) is 21.2. The lowest BCUT2D eigenvalue weighted by atomic mass is 10.1. The van der Waals surface area contributed by atoms with Crippen molar-refractivity contribution in [2.45, 2.75) is 49.3 Å². The second-order valence-corrected chi connectivity index (χ2v) is 16.7. The van der Waals surface area contributed by atoms with Gasteiger partial charge in [0.2, 0.25) is 0 Å². The fourth-order valence-corrected chi connectivity index (χ4v) is 7.86. The molecule has 0 aromatic carbocycles. The van der Waals surface area contributed by atoms with Gasteiger partial charge in [0, 0.05) is 48.6 Å². The van der Waals surface area contributed by atoms with E-state index in [2.05, 4.69) is 49.1 Å². The Morgan fingerprint density at radius 1 is 0.644 bits per heavy atom. The second-order valence-electron chi connectivity index (χ2n) is 13.8. The van der Waals surface area contributed by atoms with E-state index in [1.54, 1.807) is 47.4 Å². The Bertz CT molecular complexity index is 2630. The van der Waals surface area contributed by atoms with Crippen LogP contribution in [0.4, 0.5) is 11.6 Å². The number of hydrogen-bond acceptors (Lipinski definition) is 18. The largest absolute Gasteiger partial charge is 0.390 e. The molecule has 6 heterocycles. The number of hydrogen-bond donors (Lipinski definition) is 8. The summed E-state index contributed by atoms with van der Waals surface area (Å²) in [5.41, 5.74) is 3.62. The molecule has 2 fully saturated rings. The maximum atomic E-state index is 11.0. The molecule has 0 aliphatic heterocycles. The summed E-state index contributed by atoms with van der Waals surface area (Å²) in [4.78, 5) is 17.1. The molecular formula is C34H39ClN12O10S2. The van der Waals surface area contributed by atoms with Crippen molar-refractivity contribution in [2.24, 2.45) is 22.1 Å². The van der Waals surface area contributed by atoms with Gasteiger partial charge in [-0.3, -0.25) is 18.3 Å². The number of nitrogens with two attached hydrogens (primary N) is 2. The molecule has 2 saturated carbocycles. The number of nitrogens with one attached hydrogen (secondary N) is 2. The van der Waals surface area contributed by atoms with Gasteiger partial charge in [-0.2, -0.15) is 36.1 Å². The van der Waals surface area contributed by atoms with Crippen LogP contribution in [0.2, 0.25) is 5.15 Å². The lowest BCUT2D eigenvalue weighted by Crippen LogP contribution is -2.36. The Balaban J connectivity index is 0.000000179. The van der Waals surface area contributed by atoms with Gasteiger partial charge >= 0.3 is 20.6 Å². The third-order valence-electron chi connectivity index (χ3n) is 9.77. The number of nitrogens with zero attached hydrogens (tertiary/aromatic N) is 8. The average molecular weight is 875 g/mol. The third kappa shape index (κ3) is 10.1. The summed E-state index contributed by atoms with van der Waals surface area (Å²) in [5, 5.41) is 66.4. The lowest BCUT2D eigenvalue weighted by molar-refractivity contribution is 0.00773. The van der Waals surface area contributed by atoms with Gasteiger partial charge in [0.25, 0.3) is 0 Å². The summed E-state index contributed by atoms with van der Waals surface area (Å²) in [5.74, 6) is -0.233. The zero-order valence-electron chi connectivity index (χ0n) is 30.6. The maximum Gasteiger partial charge on any atom is 0.333 e. The van der Waals surface area contributed by atoms with Crippen molar-refractivity contribution >= 4 is 55.1 Å². The van der Waals surface area contributed by atoms with Crippen LogP contribution in [0.5, 0.6) is 0 Å². The first-order valence-electron chi connectivity index (χ1n) is 17.9. The highest BCUT2D eigenvalue weighted by Crippen LogP contribution is 2.32. The van der Waals surface area contributed by atoms with Gasteiger partial charge in [0.15, 0.2) is 11.3 Å². The van der Waals surface area contributed by atoms with E-state index < -0.39 is 68.9 Å². The van der Waals surface area contributed by atoms with E-state index in [-0.39, 0.29) is 31.2 Å². The number of pyridine rings is 2. The molecule has 6 aromatic rings. The number of fused-ring (bicyclic) bond motifs is 2. The van der Waals surface area contributed by atoms with E-state index in [0.29, 0.717) is 45.7 Å². The van der Waals surface area contributed by atoms with Crippen molar-refractivity contribution in [3.05, 3.63) is 84.4 Å². The van der Waals surface area contributed by atoms with Crippen molar-refractivity contribution < 1.29 is 45.6 Å². The molecule has 314 valence electrons. The summed E-state index contributed by atoms with van der Waals surface area (Å²) < 4.78 is 56.2. The number of anilines is 2. The predicted molar refractivity (Wildman–Crippen MR) is 211 cm³/mol. The molecule has 59 heavy (non-hydrogen) atoms. The predicted octanol–water partition coefficient (Wildman–Crippen LogP) is -0.279. The van der Waals surface area contributed by atoms with Gasteiger partial charge in [-0.15, -0.1) is 0 Å². The second kappa shape index (κ2) is 17.3. The molecule has 0 spiro atoms. The van der Waals surface area contributed by atoms with Crippen LogP contribution < -0.4 is 20.9 Å². The minimum absolute atomic E-state index is 0.208.